The summed E-state index contributed by atoms with van der Waals surface area (Å²) < 4.78 is 5.57. The van der Waals surface area contributed by atoms with Crippen molar-refractivity contribution in [3.8, 4) is 5.75 Å². The van der Waals surface area contributed by atoms with Gasteiger partial charge >= 0.3 is 5.97 Å². The molecule has 0 radical (unpaired) electrons. The number of benzene rings is 2. The molecule has 2 aromatic carbocycles. The molecule has 142 valence electrons. The van der Waals surface area contributed by atoms with Gasteiger partial charge in [0.05, 0.1) is 5.92 Å². The second-order valence-corrected chi connectivity index (χ2v) is 6.31. The monoisotopic (exact) mass is 369 g/mol. The summed E-state index contributed by atoms with van der Waals surface area (Å²) in [6, 6.07) is 15.8. The molecule has 0 aliphatic heterocycles. The Balaban J connectivity index is 1.91. The zero-order valence-electron chi connectivity index (χ0n) is 15.3. The predicted octanol–water partition coefficient (Wildman–Crippen LogP) is 2.72. The van der Waals surface area contributed by atoms with Gasteiger partial charge in [0, 0.05) is 12.1 Å². The third kappa shape index (κ3) is 6.26. The molecule has 0 heterocycles. The van der Waals surface area contributed by atoms with Gasteiger partial charge in [0.25, 0.3) is 5.91 Å². The van der Waals surface area contributed by atoms with Crippen molar-refractivity contribution in [2.75, 3.05) is 6.54 Å². The summed E-state index contributed by atoms with van der Waals surface area (Å²) in [5.74, 6) is -1.80. The summed E-state index contributed by atoms with van der Waals surface area (Å²) >= 11 is 0. The first-order valence-corrected chi connectivity index (χ1v) is 8.69. The van der Waals surface area contributed by atoms with Gasteiger partial charge in [-0.25, -0.2) is 0 Å². The van der Waals surface area contributed by atoms with E-state index in [1.165, 1.54) is 6.92 Å². The van der Waals surface area contributed by atoms with Gasteiger partial charge in [-0.3, -0.25) is 14.4 Å². The molecule has 0 bridgehead atoms. The Hall–Kier alpha value is -3.15. The zero-order chi connectivity index (χ0) is 19.8. The molecule has 2 atom stereocenters. The normalized spacial score (nSPS) is 12.7. The van der Waals surface area contributed by atoms with E-state index in [1.54, 1.807) is 31.2 Å². The fourth-order valence-corrected chi connectivity index (χ4v) is 2.56. The molecule has 0 spiro atoms. The molecule has 1 amide bonds. The minimum absolute atomic E-state index is 0.00421. The number of ketones is 1. The predicted molar refractivity (Wildman–Crippen MR) is 101 cm³/mol. The molecular weight excluding hydrogens is 346 g/mol. The summed E-state index contributed by atoms with van der Waals surface area (Å²) in [6.45, 7) is 3.03. The number of carbonyl (C=O) groups is 3. The van der Waals surface area contributed by atoms with E-state index < -0.39 is 23.9 Å². The van der Waals surface area contributed by atoms with Crippen LogP contribution in [0, 0.1) is 5.92 Å². The van der Waals surface area contributed by atoms with Crippen molar-refractivity contribution in [3.05, 3.63) is 65.7 Å². The van der Waals surface area contributed by atoms with Crippen molar-refractivity contribution in [2.45, 2.75) is 26.4 Å². The molecule has 2 unspecified atom stereocenters. The Labute approximate surface area is 158 Å². The Morgan fingerprint density at radius 2 is 1.78 bits per heavy atom. The highest BCUT2D eigenvalue weighted by Crippen LogP contribution is 2.15. The van der Waals surface area contributed by atoms with Crippen molar-refractivity contribution in [3.63, 3.8) is 0 Å². The smallest absolute Gasteiger partial charge is 0.308 e. The van der Waals surface area contributed by atoms with Gasteiger partial charge in [-0.1, -0.05) is 42.5 Å². The molecule has 0 aliphatic rings. The maximum Gasteiger partial charge on any atom is 0.308 e. The molecule has 0 aromatic heterocycles. The van der Waals surface area contributed by atoms with Crippen LogP contribution < -0.4 is 10.1 Å². The summed E-state index contributed by atoms with van der Waals surface area (Å²) in [6.07, 6.45) is -0.495. The molecule has 0 fully saturated rings. The van der Waals surface area contributed by atoms with Crippen LogP contribution in [0.15, 0.2) is 54.6 Å². The highest BCUT2D eigenvalue weighted by Gasteiger charge is 2.21. The third-order valence-electron chi connectivity index (χ3n) is 4.12. The fourth-order valence-electron chi connectivity index (χ4n) is 2.56. The number of aliphatic carboxylic acids is 1. The number of rotatable bonds is 9. The van der Waals surface area contributed by atoms with Crippen LogP contribution in [-0.4, -0.2) is 35.4 Å². The zero-order valence-corrected chi connectivity index (χ0v) is 15.3. The first-order chi connectivity index (χ1) is 12.9. The molecule has 27 heavy (non-hydrogen) atoms. The first kappa shape index (κ1) is 20.2. The second-order valence-electron chi connectivity index (χ2n) is 6.31. The first-order valence-electron chi connectivity index (χ1n) is 8.69. The highest BCUT2D eigenvalue weighted by atomic mass is 16.5. The summed E-state index contributed by atoms with van der Waals surface area (Å²) in [7, 11) is 0. The number of amides is 1. The highest BCUT2D eigenvalue weighted by molar-refractivity contribution is 5.94. The van der Waals surface area contributed by atoms with Gasteiger partial charge in [0.2, 0.25) is 0 Å². The van der Waals surface area contributed by atoms with E-state index in [0.717, 1.165) is 5.56 Å². The van der Waals surface area contributed by atoms with Crippen LogP contribution in [0.1, 0.15) is 29.8 Å². The minimum atomic E-state index is -0.970. The van der Waals surface area contributed by atoms with Gasteiger partial charge < -0.3 is 15.2 Å². The van der Waals surface area contributed by atoms with Crippen LogP contribution in [0.25, 0.3) is 0 Å². The molecule has 6 heteroatoms. The lowest BCUT2D eigenvalue weighted by molar-refractivity contribution is -0.141. The van der Waals surface area contributed by atoms with E-state index in [2.05, 4.69) is 5.32 Å². The van der Waals surface area contributed by atoms with Gasteiger partial charge in [-0.2, -0.15) is 0 Å². The Morgan fingerprint density at radius 3 is 2.41 bits per heavy atom. The van der Waals surface area contributed by atoms with E-state index in [-0.39, 0.29) is 12.3 Å². The molecule has 0 saturated heterocycles. The van der Waals surface area contributed by atoms with Crippen molar-refractivity contribution in [2.24, 2.45) is 5.92 Å². The molecular formula is C21H23NO5. The van der Waals surface area contributed by atoms with E-state index in [0.29, 0.717) is 17.7 Å². The van der Waals surface area contributed by atoms with Crippen LogP contribution in [0.5, 0.6) is 5.75 Å². The Bertz CT molecular complexity index is 803. The van der Waals surface area contributed by atoms with E-state index in [1.807, 2.05) is 30.3 Å². The summed E-state index contributed by atoms with van der Waals surface area (Å²) in [5.41, 5.74) is 1.39. The molecule has 0 saturated carbocycles. The summed E-state index contributed by atoms with van der Waals surface area (Å²) in [5, 5.41) is 12.0. The lowest BCUT2D eigenvalue weighted by Gasteiger charge is -2.17. The lowest BCUT2D eigenvalue weighted by Crippen LogP contribution is -2.41. The van der Waals surface area contributed by atoms with Crippen molar-refractivity contribution < 1.29 is 24.2 Å². The van der Waals surface area contributed by atoms with Gasteiger partial charge in [0.1, 0.15) is 5.75 Å². The van der Waals surface area contributed by atoms with E-state index >= 15 is 0 Å². The van der Waals surface area contributed by atoms with Gasteiger partial charge in [0.15, 0.2) is 11.9 Å². The summed E-state index contributed by atoms with van der Waals surface area (Å²) in [4.78, 5) is 35.1. The largest absolute Gasteiger partial charge is 0.481 e. The SMILES string of the molecule is CC(=O)c1cccc(OC(C)C(=O)NCC(Cc2ccccc2)C(=O)O)c1. The Morgan fingerprint density at radius 1 is 1.07 bits per heavy atom. The minimum Gasteiger partial charge on any atom is -0.481 e. The number of carboxylic acid groups (broad SMARTS) is 1. The standard InChI is InChI=1S/C21H23NO5/c1-14(23)17-9-6-10-19(12-17)27-15(2)20(24)22-13-18(21(25)26)11-16-7-4-3-5-8-16/h3-10,12,15,18H,11,13H2,1-2H3,(H,22,24)(H,25,26). The number of Topliss-reactive ketones (excluding diaryl/α,β-unsaturated/α-hetero) is 1. The molecule has 6 nitrogen and oxygen atoms in total. The van der Waals surface area contributed by atoms with Crippen LogP contribution in [-0.2, 0) is 16.0 Å². The van der Waals surface area contributed by atoms with Crippen molar-refractivity contribution in [1.29, 1.82) is 0 Å². The third-order valence-corrected chi connectivity index (χ3v) is 4.12. The van der Waals surface area contributed by atoms with E-state index in [4.69, 9.17) is 4.74 Å². The van der Waals surface area contributed by atoms with Crippen LogP contribution >= 0.6 is 0 Å². The number of hydrogen-bond acceptors (Lipinski definition) is 4. The van der Waals surface area contributed by atoms with Gasteiger partial charge in [-0.05, 0) is 38.0 Å². The maximum atomic E-state index is 12.2. The maximum absolute atomic E-state index is 12.2. The number of carbonyl (C=O) groups excluding carboxylic acids is 2. The molecule has 0 aliphatic carbocycles. The number of nitrogens with one attached hydrogen (secondary N) is 1. The number of ether oxygens (including phenoxy) is 1. The average molecular weight is 369 g/mol. The van der Waals surface area contributed by atoms with Crippen LogP contribution in [0.4, 0.5) is 0 Å². The average Bonchev–Trinajstić information content (AvgIpc) is 2.65. The topological polar surface area (TPSA) is 92.7 Å². The van der Waals surface area contributed by atoms with Crippen LogP contribution in [0.3, 0.4) is 0 Å². The number of hydrogen-bond donors (Lipinski definition) is 2. The van der Waals surface area contributed by atoms with Crippen LogP contribution in [0.2, 0.25) is 0 Å². The van der Waals surface area contributed by atoms with Gasteiger partial charge in [-0.15, -0.1) is 0 Å². The fraction of sp³-hybridized carbons (Fsp3) is 0.286. The molecule has 2 aromatic rings. The Kier molecular flexibility index (Phi) is 7.11. The lowest BCUT2D eigenvalue weighted by atomic mass is 9.99. The molecule has 2 N–H and O–H groups in total. The van der Waals surface area contributed by atoms with Crippen molar-refractivity contribution >= 4 is 17.7 Å². The van der Waals surface area contributed by atoms with E-state index in [9.17, 15) is 19.5 Å². The second kappa shape index (κ2) is 9.52. The molecule has 2 rings (SSSR count). The quantitative estimate of drug-likeness (QED) is 0.663. The number of carboxylic acids is 1. The van der Waals surface area contributed by atoms with Crippen molar-refractivity contribution in [1.82, 2.24) is 5.32 Å².